The molecule has 2 aliphatic rings. The number of aromatic nitrogens is 1. The molecule has 1 aromatic heterocycles. The van der Waals surface area contributed by atoms with E-state index in [0.29, 0.717) is 26.4 Å². The molecule has 1 amide bonds. The van der Waals surface area contributed by atoms with Crippen molar-refractivity contribution in [2.75, 3.05) is 31.7 Å². The van der Waals surface area contributed by atoms with Gasteiger partial charge in [0, 0.05) is 13.1 Å². The van der Waals surface area contributed by atoms with E-state index in [1.165, 1.54) is 0 Å². The van der Waals surface area contributed by atoms with Gasteiger partial charge in [0.2, 0.25) is 0 Å². The van der Waals surface area contributed by atoms with E-state index in [4.69, 9.17) is 9.47 Å². The average Bonchev–Trinajstić information content (AvgIpc) is 2.84. The molecule has 0 bridgehead atoms. The summed E-state index contributed by atoms with van der Waals surface area (Å²) in [5.74, 6) is 1.57. The molecular formula is C25H27N3O3. The third-order valence-electron chi connectivity index (χ3n) is 5.26. The van der Waals surface area contributed by atoms with Crippen LogP contribution in [0.15, 0.2) is 78.4 Å². The van der Waals surface area contributed by atoms with Crippen molar-refractivity contribution in [2.45, 2.75) is 19.3 Å². The van der Waals surface area contributed by atoms with Crippen LogP contribution in [0.1, 0.15) is 25.0 Å². The minimum Gasteiger partial charge on any atom is -0.473 e. The molecule has 2 heterocycles. The van der Waals surface area contributed by atoms with E-state index >= 15 is 0 Å². The molecular weight excluding hydrogens is 390 g/mol. The Kier molecular flexibility index (Phi) is 7.00. The van der Waals surface area contributed by atoms with Gasteiger partial charge in [0.25, 0.3) is 0 Å². The number of anilines is 1. The van der Waals surface area contributed by atoms with E-state index in [-0.39, 0.29) is 6.09 Å². The van der Waals surface area contributed by atoms with Gasteiger partial charge in [0.15, 0.2) is 6.73 Å². The molecule has 0 spiro atoms. The zero-order valence-electron chi connectivity index (χ0n) is 17.5. The molecule has 6 heteroatoms. The summed E-state index contributed by atoms with van der Waals surface area (Å²) in [7, 11) is 0. The van der Waals surface area contributed by atoms with Gasteiger partial charge in [-0.2, -0.15) is 0 Å². The highest BCUT2D eigenvalue weighted by atomic mass is 16.6. The molecule has 160 valence electrons. The van der Waals surface area contributed by atoms with Crippen LogP contribution in [0.25, 0.3) is 5.57 Å². The minimum atomic E-state index is -0.257. The van der Waals surface area contributed by atoms with E-state index in [1.807, 2.05) is 60.7 Å². The number of carbonyl (C=O) groups excluding carboxylic acids is 1. The summed E-state index contributed by atoms with van der Waals surface area (Å²) in [4.78, 5) is 18.8. The molecule has 31 heavy (non-hydrogen) atoms. The van der Waals surface area contributed by atoms with Gasteiger partial charge < -0.3 is 19.7 Å². The van der Waals surface area contributed by atoms with Crippen molar-refractivity contribution in [1.82, 2.24) is 9.88 Å². The number of para-hydroxylation sites is 1. The van der Waals surface area contributed by atoms with Gasteiger partial charge in [-0.3, -0.25) is 0 Å². The van der Waals surface area contributed by atoms with Gasteiger partial charge in [-0.1, -0.05) is 48.6 Å². The minimum absolute atomic E-state index is 0.257. The van der Waals surface area contributed by atoms with Crippen LogP contribution in [0.3, 0.4) is 0 Å². The summed E-state index contributed by atoms with van der Waals surface area (Å²) in [5.41, 5.74) is 3.21. The van der Waals surface area contributed by atoms with Crippen molar-refractivity contribution in [3.63, 3.8) is 0 Å². The highest BCUT2D eigenvalue weighted by Gasteiger charge is 2.20. The summed E-state index contributed by atoms with van der Waals surface area (Å²) in [6.07, 6.45) is 10.7. The van der Waals surface area contributed by atoms with Crippen LogP contribution in [-0.2, 0) is 4.74 Å². The molecule has 1 aromatic carbocycles. The molecule has 1 N–H and O–H groups in total. The van der Waals surface area contributed by atoms with Crippen molar-refractivity contribution in [1.29, 1.82) is 0 Å². The molecule has 2 aromatic rings. The van der Waals surface area contributed by atoms with Crippen molar-refractivity contribution >= 4 is 17.5 Å². The lowest BCUT2D eigenvalue weighted by Crippen LogP contribution is -2.35. The second-order valence-electron chi connectivity index (χ2n) is 7.46. The molecule has 0 saturated heterocycles. The molecule has 0 unspecified atom stereocenters. The van der Waals surface area contributed by atoms with Gasteiger partial charge in [0.1, 0.15) is 18.2 Å². The number of nitrogens with zero attached hydrogens (tertiary/aromatic N) is 2. The predicted molar refractivity (Wildman–Crippen MR) is 122 cm³/mol. The third kappa shape index (κ3) is 5.98. The first-order valence-corrected chi connectivity index (χ1v) is 10.6. The highest BCUT2D eigenvalue weighted by Crippen LogP contribution is 2.23. The number of ether oxygens (including phenoxy) is 2. The van der Waals surface area contributed by atoms with Crippen molar-refractivity contribution < 1.29 is 14.3 Å². The first-order chi connectivity index (χ1) is 15.3. The average molecular weight is 418 g/mol. The third-order valence-corrected chi connectivity index (χ3v) is 5.26. The molecule has 0 saturated carbocycles. The summed E-state index contributed by atoms with van der Waals surface area (Å²) >= 11 is 0. The topological polar surface area (TPSA) is 63.7 Å². The quantitative estimate of drug-likeness (QED) is 0.640. The van der Waals surface area contributed by atoms with E-state index in [1.54, 1.807) is 4.90 Å². The molecule has 1 aliphatic heterocycles. The number of hydrogen-bond acceptors (Lipinski definition) is 5. The number of carbonyl (C=O) groups is 1. The molecule has 0 fully saturated rings. The Hall–Kier alpha value is -3.54. The number of rotatable bonds is 7. The lowest BCUT2D eigenvalue weighted by Gasteiger charge is -2.26. The maximum Gasteiger partial charge on any atom is 0.410 e. The lowest BCUT2D eigenvalue weighted by molar-refractivity contribution is 0.113. The Bertz CT molecular complexity index is 983. The molecule has 0 radical (unpaired) electrons. The van der Waals surface area contributed by atoms with Crippen LogP contribution in [-0.4, -0.2) is 42.4 Å². The zero-order valence-corrected chi connectivity index (χ0v) is 17.5. The Morgan fingerprint density at radius 3 is 2.77 bits per heavy atom. The van der Waals surface area contributed by atoms with Crippen LogP contribution in [0.5, 0.6) is 5.75 Å². The van der Waals surface area contributed by atoms with Crippen LogP contribution in [0.4, 0.5) is 10.6 Å². The second kappa shape index (κ2) is 10.5. The van der Waals surface area contributed by atoms with Crippen LogP contribution in [0, 0.1) is 0 Å². The SMILES string of the molecule is O=C(OCC1=CC=CCC1)N1CC=C(c2cccc(NCOc3ccccc3)n2)CC1. The number of allylic oxidation sites excluding steroid dienone is 3. The van der Waals surface area contributed by atoms with Crippen molar-refractivity contribution in [2.24, 2.45) is 0 Å². The fourth-order valence-corrected chi connectivity index (χ4v) is 3.51. The fraction of sp³-hybridized carbons (Fsp3) is 0.280. The monoisotopic (exact) mass is 417 g/mol. The Morgan fingerprint density at radius 2 is 2.00 bits per heavy atom. The second-order valence-corrected chi connectivity index (χ2v) is 7.46. The maximum atomic E-state index is 12.4. The predicted octanol–water partition coefficient (Wildman–Crippen LogP) is 5.03. The number of amides is 1. The first-order valence-electron chi connectivity index (χ1n) is 10.6. The van der Waals surface area contributed by atoms with Crippen molar-refractivity contribution in [3.8, 4) is 5.75 Å². The van der Waals surface area contributed by atoms with Crippen LogP contribution in [0.2, 0.25) is 0 Å². The number of pyridine rings is 1. The normalized spacial score (nSPS) is 15.7. The van der Waals surface area contributed by atoms with E-state index < -0.39 is 0 Å². The van der Waals surface area contributed by atoms with Gasteiger partial charge in [-0.05, 0) is 54.7 Å². The zero-order chi connectivity index (χ0) is 21.3. The lowest BCUT2D eigenvalue weighted by atomic mass is 10.0. The van der Waals surface area contributed by atoms with Gasteiger partial charge >= 0.3 is 6.09 Å². The molecule has 1 aliphatic carbocycles. The standard InChI is InChI=1S/C25H27N3O3/c29-25(30-18-20-8-3-1-4-9-20)28-16-14-21(15-17-28)23-12-7-13-24(27-23)26-19-31-22-10-5-2-6-11-22/h1-3,5-8,10-14H,4,9,15-19H2,(H,26,27). The smallest absolute Gasteiger partial charge is 0.410 e. The summed E-state index contributed by atoms with van der Waals surface area (Å²) in [6.45, 7) is 1.87. The van der Waals surface area contributed by atoms with E-state index in [0.717, 1.165) is 47.7 Å². The van der Waals surface area contributed by atoms with Gasteiger partial charge in [0.05, 0.1) is 5.69 Å². The fourth-order valence-electron chi connectivity index (χ4n) is 3.51. The summed E-state index contributed by atoms with van der Waals surface area (Å²) in [5, 5.41) is 3.19. The van der Waals surface area contributed by atoms with Crippen molar-refractivity contribution in [3.05, 3.63) is 84.1 Å². The van der Waals surface area contributed by atoms with Crippen LogP contribution >= 0.6 is 0 Å². The maximum absolute atomic E-state index is 12.4. The summed E-state index contributed by atoms with van der Waals surface area (Å²) in [6, 6.07) is 15.5. The Morgan fingerprint density at radius 1 is 1.10 bits per heavy atom. The molecule has 0 atom stereocenters. The van der Waals surface area contributed by atoms with Crippen LogP contribution < -0.4 is 10.1 Å². The molecule has 6 nitrogen and oxygen atoms in total. The highest BCUT2D eigenvalue weighted by molar-refractivity contribution is 5.72. The summed E-state index contributed by atoms with van der Waals surface area (Å²) < 4.78 is 11.1. The largest absolute Gasteiger partial charge is 0.473 e. The Balaban J connectivity index is 1.27. The van der Waals surface area contributed by atoms with E-state index in [9.17, 15) is 4.79 Å². The first kappa shape index (κ1) is 20.7. The number of benzene rings is 1. The Labute approximate surface area is 182 Å². The van der Waals surface area contributed by atoms with Gasteiger partial charge in [-0.15, -0.1) is 0 Å². The van der Waals surface area contributed by atoms with E-state index in [2.05, 4.69) is 22.5 Å². The number of nitrogens with one attached hydrogen (secondary N) is 1. The van der Waals surface area contributed by atoms with Gasteiger partial charge in [-0.25, -0.2) is 9.78 Å². The molecule has 4 rings (SSSR count). The number of hydrogen-bond donors (Lipinski definition) is 1.